The Morgan fingerprint density at radius 1 is 1.25 bits per heavy atom. The molecule has 0 aromatic heterocycles. The summed E-state index contributed by atoms with van der Waals surface area (Å²) >= 11 is 0. The Morgan fingerprint density at radius 3 is 2.42 bits per heavy atom. The van der Waals surface area contributed by atoms with Crippen LogP contribution in [0, 0.1) is 12.3 Å². The molecule has 1 aromatic rings. The van der Waals surface area contributed by atoms with Crippen LogP contribution in [0.25, 0.3) is 0 Å². The first-order chi connectivity index (χ1) is 11.6. The van der Waals surface area contributed by atoms with Crippen LogP contribution in [-0.4, -0.2) is 67.5 Å². The van der Waals surface area contributed by atoms with E-state index in [-0.39, 0.29) is 24.4 Å². The number of nitrogens with zero attached hydrogens (tertiary/aromatic N) is 2. The quantitative estimate of drug-likeness (QED) is 0.803. The number of ether oxygens (including phenoxy) is 1. The zero-order valence-corrected chi connectivity index (χ0v) is 14.1. The maximum absolute atomic E-state index is 12.5. The summed E-state index contributed by atoms with van der Waals surface area (Å²) in [5.41, 5.74) is 0.643. The van der Waals surface area contributed by atoms with Crippen molar-refractivity contribution in [3.05, 3.63) is 29.8 Å². The maximum atomic E-state index is 12.5. The van der Waals surface area contributed by atoms with Crippen LogP contribution in [-0.2, 0) is 4.79 Å². The van der Waals surface area contributed by atoms with Gasteiger partial charge in [0.1, 0.15) is 5.75 Å². The van der Waals surface area contributed by atoms with E-state index >= 15 is 0 Å². The van der Waals surface area contributed by atoms with E-state index < -0.39 is 0 Å². The molecule has 0 aliphatic carbocycles. The molecule has 24 heavy (non-hydrogen) atoms. The third-order valence-corrected chi connectivity index (χ3v) is 4.23. The summed E-state index contributed by atoms with van der Waals surface area (Å²) < 4.78 is 5.10. The molecule has 6 nitrogen and oxygen atoms in total. The van der Waals surface area contributed by atoms with Gasteiger partial charge in [-0.15, -0.1) is 6.42 Å². The first-order valence-corrected chi connectivity index (χ1v) is 7.95. The molecule has 1 unspecified atom stereocenters. The summed E-state index contributed by atoms with van der Waals surface area (Å²) in [6.07, 6.45) is 5.15. The Hall–Kier alpha value is -2.52. The van der Waals surface area contributed by atoms with Gasteiger partial charge in [0.05, 0.1) is 19.7 Å². The van der Waals surface area contributed by atoms with Crippen molar-refractivity contribution in [3.63, 3.8) is 0 Å². The van der Waals surface area contributed by atoms with Crippen LogP contribution in [0.5, 0.6) is 5.75 Å². The van der Waals surface area contributed by atoms with Crippen molar-refractivity contribution in [1.82, 2.24) is 15.1 Å². The van der Waals surface area contributed by atoms with Crippen molar-refractivity contribution in [3.8, 4) is 18.1 Å². The van der Waals surface area contributed by atoms with Gasteiger partial charge in [0, 0.05) is 31.7 Å². The fourth-order valence-corrected chi connectivity index (χ4v) is 2.68. The van der Waals surface area contributed by atoms with Gasteiger partial charge >= 0.3 is 0 Å². The third kappa shape index (κ3) is 4.27. The van der Waals surface area contributed by atoms with Gasteiger partial charge in [-0.05, 0) is 31.2 Å². The van der Waals surface area contributed by atoms with Gasteiger partial charge in [0.25, 0.3) is 5.91 Å². The van der Waals surface area contributed by atoms with Crippen molar-refractivity contribution < 1.29 is 14.3 Å². The molecular weight excluding hydrogens is 306 g/mol. The molecule has 1 aliphatic heterocycles. The van der Waals surface area contributed by atoms with Crippen LogP contribution < -0.4 is 10.1 Å². The minimum Gasteiger partial charge on any atom is -0.497 e. The zero-order chi connectivity index (χ0) is 17.5. The lowest BCUT2D eigenvalue weighted by Gasteiger charge is -2.37. The Morgan fingerprint density at radius 2 is 1.88 bits per heavy atom. The fraction of sp³-hybridized carbons (Fsp3) is 0.444. The highest BCUT2D eigenvalue weighted by Crippen LogP contribution is 2.15. The summed E-state index contributed by atoms with van der Waals surface area (Å²) in [7, 11) is 1.59. The SMILES string of the molecule is C#CCNC(=O)C(C)N1CCN(C(=O)c2ccc(OC)cc2)CC1. The van der Waals surface area contributed by atoms with E-state index in [0.717, 1.165) is 5.75 Å². The highest BCUT2D eigenvalue weighted by molar-refractivity contribution is 5.94. The summed E-state index contributed by atoms with van der Waals surface area (Å²) in [6, 6.07) is 6.84. The van der Waals surface area contributed by atoms with Crippen LogP contribution in [0.1, 0.15) is 17.3 Å². The number of carbonyl (C=O) groups excluding carboxylic acids is 2. The van der Waals surface area contributed by atoms with Gasteiger partial charge < -0.3 is 15.0 Å². The molecule has 1 saturated heterocycles. The van der Waals surface area contributed by atoms with Crippen molar-refractivity contribution >= 4 is 11.8 Å². The normalized spacial score (nSPS) is 16.1. The van der Waals surface area contributed by atoms with Gasteiger partial charge in [-0.25, -0.2) is 0 Å². The molecular formula is C18H23N3O3. The lowest BCUT2D eigenvalue weighted by molar-refractivity contribution is -0.126. The van der Waals surface area contributed by atoms with Gasteiger partial charge in [-0.2, -0.15) is 0 Å². The molecule has 1 aromatic carbocycles. The Labute approximate surface area is 142 Å². The Kier molecular flexibility index (Phi) is 6.21. The molecule has 2 amide bonds. The number of amides is 2. The number of hydrogen-bond donors (Lipinski definition) is 1. The molecule has 1 N–H and O–H groups in total. The number of methoxy groups -OCH3 is 1. The summed E-state index contributed by atoms with van der Waals surface area (Å²) in [4.78, 5) is 28.3. The van der Waals surface area contributed by atoms with Crippen LogP contribution in [0.2, 0.25) is 0 Å². The third-order valence-electron chi connectivity index (χ3n) is 4.23. The number of hydrogen-bond acceptors (Lipinski definition) is 4. The molecule has 1 heterocycles. The van der Waals surface area contributed by atoms with E-state index in [0.29, 0.717) is 31.7 Å². The molecule has 128 valence electrons. The van der Waals surface area contributed by atoms with Gasteiger partial charge in [0.2, 0.25) is 5.91 Å². The number of terminal acetylenes is 1. The van der Waals surface area contributed by atoms with Gasteiger partial charge in [0.15, 0.2) is 0 Å². The monoisotopic (exact) mass is 329 g/mol. The number of benzene rings is 1. The van der Waals surface area contributed by atoms with E-state index in [1.54, 1.807) is 31.4 Å². The predicted molar refractivity (Wildman–Crippen MR) is 91.8 cm³/mol. The first kappa shape index (κ1) is 17.8. The molecule has 1 aliphatic rings. The number of carbonyl (C=O) groups is 2. The minimum atomic E-state index is -0.253. The first-order valence-electron chi connectivity index (χ1n) is 7.95. The van der Waals surface area contributed by atoms with Gasteiger partial charge in [-0.1, -0.05) is 5.92 Å². The van der Waals surface area contributed by atoms with E-state index in [1.165, 1.54) is 0 Å². The van der Waals surface area contributed by atoms with E-state index in [2.05, 4.69) is 16.1 Å². The summed E-state index contributed by atoms with van der Waals surface area (Å²) in [5.74, 6) is 3.04. The molecule has 0 saturated carbocycles. The van der Waals surface area contributed by atoms with Crippen molar-refractivity contribution in [1.29, 1.82) is 0 Å². The largest absolute Gasteiger partial charge is 0.497 e. The number of rotatable bonds is 5. The predicted octanol–water partition coefficient (Wildman–Crippen LogP) is 0.591. The molecule has 0 radical (unpaired) electrons. The zero-order valence-electron chi connectivity index (χ0n) is 14.1. The lowest BCUT2D eigenvalue weighted by atomic mass is 10.1. The summed E-state index contributed by atoms with van der Waals surface area (Å²) in [6.45, 7) is 4.60. The second-order valence-corrected chi connectivity index (χ2v) is 5.65. The maximum Gasteiger partial charge on any atom is 0.253 e. The molecule has 0 spiro atoms. The Balaban J connectivity index is 1.88. The van der Waals surface area contributed by atoms with Crippen LogP contribution in [0.3, 0.4) is 0 Å². The molecule has 1 atom stereocenters. The van der Waals surface area contributed by atoms with Crippen molar-refractivity contribution in [2.75, 3.05) is 39.8 Å². The second-order valence-electron chi connectivity index (χ2n) is 5.65. The molecule has 2 rings (SSSR count). The number of piperazine rings is 1. The highest BCUT2D eigenvalue weighted by atomic mass is 16.5. The van der Waals surface area contributed by atoms with Crippen LogP contribution in [0.15, 0.2) is 24.3 Å². The van der Waals surface area contributed by atoms with Gasteiger partial charge in [-0.3, -0.25) is 14.5 Å². The van der Waals surface area contributed by atoms with Crippen molar-refractivity contribution in [2.45, 2.75) is 13.0 Å². The standard InChI is InChI=1S/C18H23N3O3/c1-4-9-19-17(22)14(2)20-10-12-21(13-11-20)18(23)15-5-7-16(24-3)8-6-15/h1,5-8,14H,9-13H2,2-3H3,(H,19,22). The van der Waals surface area contributed by atoms with Crippen molar-refractivity contribution in [2.24, 2.45) is 0 Å². The number of nitrogens with one attached hydrogen (secondary N) is 1. The average Bonchev–Trinajstić information content (AvgIpc) is 2.65. The molecule has 1 fully saturated rings. The fourth-order valence-electron chi connectivity index (χ4n) is 2.68. The highest BCUT2D eigenvalue weighted by Gasteiger charge is 2.27. The smallest absolute Gasteiger partial charge is 0.253 e. The lowest BCUT2D eigenvalue weighted by Crippen LogP contribution is -2.55. The average molecular weight is 329 g/mol. The Bertz CT molecular complexity index is 613. The van der Waals surface area contributed by atoms with Crippen LogP contribution in [0.4, 0.5) is 0 Å². The van der Waals surface area contributed by atoms with E-state index in [1.807, 2.05) is 11.8 Å². The summed E-state index contributed by atoms with van der Waals surface area (Å²) in [5, 5.41) is 2.69. The molecule has 0 bridgehead atoms. The second kappa shape index (κ2) is 8.37. The van der Waals surface area contributed by atoms with E-state index in [4.69, 9.17) is 11.2 Å². The van der Waals surface area contributed by atoms with E-state index in [9.17, 15) is 9.59 Å². The minimum absolute atomic E-state index is 0.00161. The topological polar surface area (TPSA) is 61.9 Å². The molecule has 6 heteroatoms. The van der Waals surface area contributed by atoms with Crippen LogP contribution >= 0.6 is 0 Å².